The number of carbonyl (C=O) groups excluding carboxylic acids is 2. The van der Waals surface area contributed by atoms with Gasteiger partial charge in [-0.15, -0.1) is 0 Å². The van der Waals surface area contributed by atoms with Crippen LogP contribution in [0.2, 0.25) is 0 Å². The van der Waals surface area contributed by atoms with Gasteiger partial charge in [-0.1, -0.05) is 30.3 Å². The van der Waals surface area contributed by atoms with Gasteiger partial charge in [0.25, 0.3) is 0 Å². The molecule has 0 saturated carbocycles. The van der Waals surface area contributed by atoms with E-state index in [-0.39, 0.29) is 18.8 Å². The van der Waals surface area contributed by atoms with E-state index in [2.05, 4.69) is 5.32 Å². The third-order valence-corrected chi connectivity index (χ3v) is 2.44. The van der Waals surface area contributed by atoms with Crippen LogP contribution in [0, 0.1) is 0 Å². The lowest BCUT2D eigenvalue weighted by Crippen LogP contribution is -2.45. The summed E-state index contributed by atoms with van der Waals surface area (Å²) in [5, 5.41) is 2.37. The Morgan fingerprint density at radius 1 is 1.05 bits per heavy atom. The first-order valence-corrected chi connectivity index (χ1v) is 7.21. The van der Waals surface area contributed by atoms with E-state index in [1.165, 1.54) is 0 Å². The summed E-state index contributed by atoms with van der Waals surface area (Å²) in [6.07, 6.45) is -2.48. The molecule has 6 heteroatoms. The van der Waals surface area contributed by atoms with E-state index in [1.807, 2.05) is 30.3 Å². The summed E-state index contributed by atoms with van der Waals surface area (Å²) in [6.45, 7) is 7.07. The molecule has 0 bridgehead atoms. The lowest BCUT2D eigenvalue weighted by atomic mass is 10.2. The highest BCUT2D eigenvalue weighted by molar-refractivity contribution is 5.80. The monoisotopic (exact) mass is 309 g/mol. The summed E-state index contributed by atoms with van der Waals surface area (Å²) in [5.74, 6) is -0.652. The van der Waals surface area contributed by atoms with Crippen LogP contribution < -0.4 is 5.32 Å². The van der Waals surface area contributed by atoms with E-state index < -0.39 is 18.3 Å². The fourth-order valence-electron chi connectivity index (χ4n) is 1.59. The van der Waals surface area contributed by atoms with Crippen LogP contribution in [-0.4, -0.2) is 30.5 Å². The van der Waals surface area contributed by atoms with Crippen LogP contribution in [0.25, 0.3) is 0 Å². The Morgan fingerprint density at radius 3 is 2.23 bits per heavy atom. The van der Waals surface area contributed by atoms with Gasteiger partial charge in [-0.25, -0.2) is 9.59 Å². The van der Waals surface area contributed by atoms with Gasteiger partial charge < -0.3 is 14.2 Å². The molecule has 0 aromatic heterocycles. The highest BCUT2D eigenvalue weighted by Gasteiger charge is 2.25. The van der Waals surface area contributed by atoms with Gasteiger partial charge in [0.1, 0.15) is 6.61 Å². The molecule has 0 aliphatic heterocycles. The summed E-state index contributed by atoms with van der Waals surface area (Å²) >= 11 is 0. The minimum absolute atomic E-state index is 0.111. The predicted molar refractivity (Wildman–Crippen MR) is 81.0 cm³/mol. The zero-order chi connectivity index (χ0) is 16.5. The fourth-order valence-corrected chi connectivity index (χ4v) is 1.59. The Labute approximate surface area is 130 Å². The Hall–Kier alpha value is -2.08. The number of esters is 1. The van der Waals surface area contributed by atoms with Crippen molar-refractivity contribution in [2.24, 2.45) is 0 Å². The SMILES string of the molecule is CC(C)OC(=O)[C@@H](NC(=O)OCc1ccccc1)OC(C)C. The van der Waals surface area contributed by atoms with E-state index in [1.54, 1.807) is 27.7 Å². The second-order valence-electron chi connectivity index (χ2n) is 5.26. The van der Waals surface area contributed by atoms with Gasteiger partial charge in [0.05, 0.1) is 12.2 Å². The maximum atomic E-state index is 11.9. The standard InChI is InChI=1S/C16H23NO5/c1-11(2)21-14(15(18)22-12(3)4)17-16(19)20-10-13-8-6-5-7-9-13/h5-9,11-12,14H,10H2,1-4H3,(H,17,19)/t14-/m0/s1. The molecule has 0 aliphatic carbocycles. The number of rotatable bonds is 7. The van der Waals surface area contributed by atoms with Gasteiger partial charge in [0.2, 0.25) is 6.23 Å². The zero-order valence-corrected chi connectivity index (χ0v) is 13.4. The van der Waals surface area contributed by atoms with Crippen LogP contribution in [0.4, 0.5) is 4.79 Å². The Morgan fingerprint density at radius 2 is 1.68 bits per heavy atom. The molecule has 0 unspecified atom stereocenters. The summed E-state index contributed by atoms with van der Waals surface area (Å²) < 4.78 is 15.4. The highest BCUT2D eigenvalue weighted by Crippen LogP contribution is 2.04. The number of nitrogens with one attached hydrogen (secondary N) is 1. The summed E-state index contributed by atoms with van der Waals surface area (Å²) in [4.78, 5) is 23.7. The molecule has 0 aliphatic rings. The number of ether oxygens (including phenoxy) is 3. The maximum absolute atomic E-state index is 11.9. The molecule has 0 spiro atoms. The number of hydrogen-bond acceptors (Lipinski definition) is 5. The fraction of sp³-hybridized carbons (Fsp3) is 0.500. The molecule has 6 nitrogen and oxygen atoms in total. The number of benzene rings is 1. The maximum Gasteiger partial charge on any atom is 0.409 e. The normalized spacial score (nSPS) is 12.1. The third kappa shape index (κ3) is 7.08. The van der Waals surface area contributed by atoms with E-state index in [0.29, 0.717) is 0 Å². The zero-order valence-electron chi connectivity index (χ0n) is 13.4. The van der Waals surface area contributed by atoms with Gasteiger partial charge in [-0.2, -0.15) is 0 Å². The quantitative estimate of drug-likeness (QED) is 0.619. The van der Waals surface area contributed by atoms with E-state index in [4.69, 9.17) is 14.2 Å². The second-order valence-corrected chi connectivity index (χ2v) is 5.26. The van der Waals surface area contributed by atoms with Gasteiger partial charge in [-0.05, 0) is 33.3 Å². The molecule has 1 rings (SSSR count). The first-order chi connectivity index (χ1) is 10.4. The number of alkyl carbamates (subject to hydrolysis) is 1. The summed E-state index contributed by atoms with van der Waals surface area (Å²) in [5.41, 5.74) is 0.851. The molecular weight excluding hydrogens is 286 g/mol. The largest absolute Gasteiger partial charge is 0.460 e. The lowest BCUT2D eigenvalue weighted by Gasteiger charge is -2.21. The number of carbonyl (C=O) groups is 2. The highest BCUT2D eigenvalue weighted by atomic mass is 16.6. The molecule has 22 heavy (non-hydrogen) atoms. The van der Waals surface area contributed by atoms with E-state index >= 15 is 0 Å². The van der Waals surface area contributed by atoms with Crippen LogP contribution >= 0.6 is 0 Å². The molecule has 122 valence electrons. The predicted octanol–water partition coefficient (Wildman–Crippen LogP) is 2.62. The second kappa shape index (κ2) is 9.04. The van der Waals surface area contributed by atoms with Crippen molar-refractivity contribution in [1.29, 1.82) is 0 Å². The van der Waals surface area contributed by atoms with Crippen molar-refractivity contribution in [3.8, 4) is 0 Å². The molecule has 1 atom stereocenters. The Bertz CT molecular complexity index is 473. The minimum atomic E-state index is -1.19. The Balaban J connectivity index is 2.53. The lowest BCUT2D eigenvalue weighted by molar-refractivity contribution is -0.166. The van der Waals surface area contributed by atoms with Crippen molar-refractivity contribution in [1.82, 2.24) is 5.32 Å². The molecule has 0 fully saturated rings. The van der Waals surface area contributed by atoms with Crippen LogP contribution in [0.1, 0.15) is 33.3 Å². The van der Waals surface area contributed by atoms with Crippen molar-refractivity contribution in [3.63, 3.8) is 0 Å². The van der Waals surface area contributed by atoms with Crippen LogP contribution in [0.5, 0.6) is 0 Å². The molecule has 1 aromatic rings. The van der Waals surface area contributed by atoms with Gasteiger partial charge in [-0.3, -0.25) is 5.32 Å². The van der Waals surface area contributed by atoms with Crippen molar-refractivity contribution >= 4 is 12.1 Å². The van der Waals surface area contributed by atoms with E-state index in [9.17, 15) is 9.59 Å². The molecule has 1 amide bonds. The van der Waals surface area contributed by atoms with Gasteiger partial charge in [0, 0.05) is 0 Å². The number of hydrogen-bond donors (Lipinski definition) is 1. The van der Waals surface area contributed by atoms with Crippen LogP contribution in [0.3, 0.4) is 0 Å². The van der Waals surface area contributed by atoms with Crippen molar-refractivity contribution in [2.45, 2.75) is 52.7 Å². The van der Waals surface area contributed by atoms with Crippen LogP contribution in [-0.2, 0) is 25.6 Å². The van der Waals surface area contributed by atoms with Crippen molar-refractivity contribution in [3.05, 3.63) is 35.9 Å². The molecule has 0 heterocycles. The first kappa shape index (κ1) is 18.0. The Kier molecular flexibility index (Phi) is 7.39. The van der Waals surface area contributed by atoms with Gasteiger partial charge >= 0.3 is 12.1 Å². The number of amides is 1. The van der Waals surface area contributed by atoms with Gasteiger partial charge in [0.15, 0.2) is 0 Å². The minimum Gasteiger partial charge on any atom is -0.460 e. The van der Waals surface area contributed by atoms with Crippen molar-refractivity contribution in [2.75, 3.05) is 0 Å². The van der Waals surface area contributed by atoms with Crippen LogP contribution in [0.15, 0.2) is 30.3 Å². The molecule has 0 saturated heterocycles. The molecule has 1 aromatic carbocycles. The molecule has 0 radical (unpaired) electrons. The average Bonchev–Trinajstić information content (AvgIpc) is 2.44. The average molecular weight is 309 g/mol. The summed E-state index contributed by atoms with van der Waals surface area (Å²) in [7, 11) is 0. The summed E-state index contributed by atoms with van der Waals surface area (Å²) in [6, 6.07) is 9.24. The van der Waals surface area contributed by atoms with E-state index in [0.717, 1.165) is 5.56 Å². The topological polar surface area (TPSA) is 73.9 Å². The smallest absolute Gasteiger partial charge is 0.409 e. The third-order valence-electron chi connectivity index (χ3n) is 2.44. The van der Waals surface area contributed by atoms with Crippen molar-refractivity contribution < 1.29 is 23.8 Å². The first-order valence-electron chi connectivity index (χ1n) is 7.21. The molecule has 1 N–H and O–H groups in total. The molecular formula is C16H23NO5.